The summed E-state index contributed by atoms with van der Waals surface area (Å²) in [6.45, 7) is 5.91. The van der Waals surface area contributed by atoms with Crippen LogP contribution in [0, 0.1) is 0 Å². The minimum absolute atomic E-state index is 0.0126. The fraction of sp³-hybridized carbons (Fsp3) is 0.462. The first-order chi connectivity index (χ1) is 9.47. The molecule has 0 radical (unpaired) electrons. The van der Waals surface area contributed by atoms with Crippen molar-refractivity contribution >= 4 is 28.9 Å². The molecule has 0 saturated heterocycles. The van der Waals surface area contributed by atoms with Gasteiger partial charge in [0.2, 0.25) is 11.2 Å². The van der Waals surface area contributed by atoms with E-state index < -0.39 is 0 Å². The van der Waals surface area contributed by atoms with Crippen LogP contribution in [0.1, 0.15) is 31.7 Å². The molecule has 2 rings (SSSR count). The first kappa shape index (κ1) is 15.0. The van der Waals surface area contributed by atoms with Crippen LogP contribution in [0.15, 0.2) is 17.5 Å². The maximum atomic E-state index is 5.94. The molecule has 0 amide bonds. The first-order valence-corrected chi connectivity index (χ1v) is 7.57. The van der Waals surface area contributed by atoms with Crippen molar-refractivity contribution in [2.45, 2.75) is 32.9 Å². The number of anilines is 1. The third-order valence-corrected chi connectivity index (χ3v) is 3.98. The largest absolute Gasteiger partial charge is 0.461 e. The monoisotopic (exact) mass is 312 g/mol. The maximum Gasteiger partial charge on any atom is 0.322 e. The second-order valence-electron chi connectivity index (χ2n) is 4.66. The van der Waals surface area contributed by atoms with E-state index in [9.17, 15) is 0 Å². The van der Waals surface area contributed by atoms with Crippen LogP contribution in [0.2, 0.25) is 5.28 Å². The Hall–Kier alpha value is -1.40. The fourth-order valence-corrected chi connectivity index (χ4v) is 2.61. The molecule has 108 valence electrons. The highest BCUT2D eigenvalue weighted by atomic mass is 35.5. The smallest absolute Gasteiger partial charge is 0.322 e. The Morgan fingerprint density at radius 3 is 2.60 bits per heavy atom. The summed E-state index contributed by atoms with van der Waals surface area (Å²) in [5.74, 6) is 0.501. The molecule has 2 heterocycles. The molecular weight excluding hydrogens is 296 g/mol. The van der Waals surface area contributed by atoms with Gasteiger partial charge in [0.15, 0.2) is 0 Å². The van der Waals surface area contributed by atoms with Crippen molar-refractivity contribution in [3.63, 3.8) is 0 Å². The van der Waals surface area contributed by atoms with Crippen molar-refractivity contribution in [1.82, 2.24) is 15.0 Å². The van der Waals surface area contributed by atoms with E-state index >= 15 is 0 Å². The number of rotatable bonds is 5. The molecule has 0 aromatic carbocycles. The average molecular weight is 313 g/mol. The van der Waals surface area contributed by atoms with Gasteiger partial charge in [-0.3, -0.25) is 0 Å². The van der Waals surface area contributed by atoms with E-state index in [1.165, 1.54) is 4.88 Å². The van der Waals surface area contributed by atoms with E-state index in [-0.39, 0.29) is 23.4 Å². The lowest BCUT2D eigenvalue weighted by Crippen LogP contribution is -2.24. The Balaban J connectivity index is 2.25. The molecular formula is C13H17ClN4OS. The Morgan fingerprint density at radius 2 is 2.00 bits per heavy atom. The number of nitrogens with zero attached hydrogens (tertiary/aromatic N) is 4. The number of halogens is 1. The lowest BCUT2D eigenvalue weighted by molar-refractivity contribution is 0.221. The fourth-order valence-electron chi connectivity index (χ4n) is 1.64. The quantitative estimate of drug-likeness (QED) is 0.844. The van der Waals surface area contributed by atoms with Crippen LogP contribution in [0.25, 0.3) is 0 Å². The summed E-state index contributed by atoms with van der Waals surface area (Å²) in [6, 6.07) is 4.51. The lowest BCUT2D eigenvalue weighted by atomic mass is 10.2. The average Bonchev–Trinajstić information content (AvgIpc) is 2.89. The molecule has 0 spiro atoms. The van der Waals surface area contributed by atoms with Gasteiger partial charge >= 0.3 is 6.01 Å². The van der Waals surface area contributed by atoms with Crippen LogP contribution in [-0.2, 0) is 0 Å². The van der Waals surface area contributed by atoms with Gasteiger partial charge in [-0.15, -0.1) is 11.3 Å². The van der Waals surface area contributed by atoms with Crippen molar-refractivity contribution in [2.75, 3.05) is 11.9 Å². The van der Waals surface area contributed by atoms with Gasteiger partial charge in [0, 0.05) is 11.9 Å². The van der Waals surface area contributed by atoms with E-state index in [1.54, 1.807) is 11.3 Å². The Labute approximate surface area is 127 Å². The Kier molecular flexibility index (Phi) is 4.77. The second-order valence-corrected chi connectivity index (χ2v) is 5.97. The summed E-state index contributed by atoms with van der Waals surface area (Å²) in [5.41, 5.74) is 0. The molecule has 0 aliphatic carbocycles. The normalized spacial score (nSPS) is 12.5. The molecule has 0 bridgehead atoms. The van der Waals surface area contributed by atoms with E-state index in [0.29, 0.717) is 5.95 Å². The molecule has 20 heavy (non-hydrogen) atoms. The molecule has 1 atom stereocenters. The molecule has 7 heteroatoms. The second kappa shape index (κ2) is 6.37. The number of thiophene rings is 1. The summed E-state index contributed by atoms with van der Waals surface area (Å²) < 4.78 is 5.49. The molecule has 0 aliphatic rings. The SMILES string of the molecule is CC(C)Oc1nc(Cl)nc(N(C)C(C)c2cccs2)n1. The maximum absolute atomic E-state index is 5.94. The molecule has 0 fully saturated rings. The molecule has 2 aromatic heterocycles. The van der Waals surface area contributed by atoms with Crippen LogP contribution < -0.4 is 9.64 Å². The summed E-state index contributed by atoms with van der Waals surface area (Å²) in [4.78, 5) is 15.6. The van der Waals surface area contributed by atoms with Gasteiger partial charge in [-0.05, 0) is 43.8 Å². The highest BCUT2D eigenvalue weighted by molar-refractivity contribution is 7.10. The van der Waals surface area contributed by atoms with E-state index in [0.717, 1.165) is 0 Å². The lowest BCUT2D eigenvalue weighted by Gasteiger charge is -2.24. The van der Waals surface area contributed by atoms with E-state index in [1.807, 2.05) is 37.2 Å². The van der Waals surface area contributed by atoms with Gasteiger partial charge in [-0.1, -0.05) is 6.07 Å². The number of aromatic nitrogens is 3. The van der Waals surface area contributed by atoms with Gasteiger partial charge < -0.3 is 9.64 Å². The van der Waals surface area contributed by atoms with Gasteiger partial charge in [-0.2, -0.15) is 15.0 Å². The summed E-state index contributed by atoms with van der Waals surface area (Å²) in [5, 5.41) is 2.18. The summed E-state index contributed by atoms with van der Waals surface area (Å²) in [6.07, 6.45) is -0.0126. The van der Waals surface area contributed by atoms with Gasteiger partial charge in [0.05, 0.1) is 12.1 Å². The van der Waals surface area contributed by atoms with Crippen molar-refractivity contribution in [2.24, 2.45) is 0 Å². The topological polar surface area (TPSA) is 51.1 Å². The zero-order valence-corrected chi connectivity index (χ0v) is 13.4. The van der Waals surface area contributed by atoms with Gasteiger partial charge in [0.1, 0.15) is 0 Å². The molecule has 1 unspecified atom stereocenters. The molecule has 0 N–H and O–H groups in total. The van der Waals surface area contributed by atoms with Crippen LogP contribution in [0.5, 0.6) is 6.01 Å². The highest BCUT2D eigenvalue weighted by Gasteiger charge is 2.18. The van der Waals surface area contributed by atoms with Gasteiger partial charge in [0.25, 0.3) is 0 Å². The van der Waals surface area contributed by atoms with Crippen LogP contribution >= 0.6 is 22.9 Å². The zero-order valence-electron chi connectivity index (χ0n) is 11.9. The first-order valence-electron chi connectivity index (χ1n) is 6.32. The predicted molar refractivity (Wildman–Crippen MR) is 81.7 cm³/mol. The summed E-state index contributed by atoms with van der Waals surface area (Å²) in [7, 11) is 1.93. The van der Waals surface area contributed by atoms with Crippen molar-refractivity contribution in [3.8, 4) is 6.01 Å². The zero-order chi connectivity index (χ0) is 14.7. The minimum Gasteiger partial charge on any atom is -0.461 e. The predicted octanol–water partition coefficient (Wildman–Crippen LogP) is 3.57. The van der Waals surface area contributed by atoms with Crippen LogP contribution in [0.3, 0.4) is 0 Å². The third kappa shape index (κ3) is 3.58. The van der Waals surface area contributed by atoms with Gasteiger partial charge in [-0.25, -0.2) is 0 Å². The molecule has 2 aromatic rings. The van der Waals surface area contributed by atoms with E-state index in [2.05, 4.69) is 27.9 Å². The standard InChI is InChI=1S/C13H17ClN4OS/c1-8(2)19-13-16-11(14)15-12(17-13)18(4)9(3)10-6-5-7-20-10/h5-9H,1-4H3. The van der Waals surface area contributed by atoms with Crippen LogP contribution in [0.4, 0.5) is 5.95 Å². The minimum atomic E-state index is -0.0126. The van der Waals surface area contributed by atoms with Crippen molar-refractivity contribution in [3.05, 3.63) is 27.7 Å². The van der Waals surface area contributed by atoms with Crippen molar-refractivity contribution < 1.29 is 4.74 Å². The van der Waals surface area contributed by atoms with Crippen molar-refractivity contribution in [1.29, 1.82) is 0 Å². The Bertz CT molecular complexity index is 562. The Morgan fingerprint density at radius 1 is 1.25 bits per heavy atom. The number of hydrogen-bond acceptors (Lipinski definition) is 6. The highest BCUT2D eigenvalue weighted by Crippen LogP contribution is 2.27. The number of ether oxygens (including phenoxy) is 1. The number of hydrogen-bond donors (Lipinski definition) is 0. The molecule has 5 nitrogen and oxygen atoms in total. The van der Waals surface area contributed by atoms with E-state index in [4.69, 9.17) is 16.3 Å². The third-order valence-electron chi connectivity index (χ3n) is 2.77. The van der Waals surface area contributed by atoms with Crippen LogP contribution in [-0.4, -0.2) is 28.1 Å². The summed E-state index contributed by atoms with van der Waals surface area (Å²) >= 11 is 7.64. The molecule has 0 saturated carbocycles. The molecule has 0 aliphatic heterocycles.